The summed E-state index contributed by atoms with van der Waals surface area (Å²) in [6.45, 7) is 0. The molecule has 0 saturated carbocycles. The maximum Gasteiger partial charge on any atom is 0.159 e. The summed E-state index contributed by atoms with van der Waals surface area (Å²) in [5.74, 6) is 0. The van der Waals surface area contributed by atoms with E-state index in [0.29, 0.717) is 0 Å². The molecule has 0 aliphatic heterocycles. The van der Waals surface area contributed by atoms with Gasteiger partial charge in [0, 0.05) is 38.0 Å². The molecule has 3 heteroatoms. The molecule has 0 saturated heterocycles. The van der Waals surface area contributed by atoms with Gasteiger partial charge in [-0.3, -0.25) is 0 Å². The Balaban J connectivity index is 1.17. The number of furan rings is 2. The lowest BCUT2D eigenvalue weighted by Crippen LogP contribution is -2.10. The average Bonchev–Trinajstić information content (AvgIpc) is 3.71. The molecule has 10 aromatic rings. The van der Waals surface area contributed by atoms with Crippen LogP contribution in [0.25, 0.3) is 76.5 Å². The van der Waals surface area contributed by atoms with Crippen molar-refractivity contribution in [2.24, 2.45) is 0 Å². The molecule has 8 aromatic carbocycles. The summed E-state index contributed by atoms with van der Waals surface area (Å²) in [6, 6.07) is 57.8. The Kier molecular flexibility index (Phi) is 5.57. The van der Waals surface area contributed by atoms with Crippen molar-refractivity contribution in [3.05, 3.63) is 164 Å². The van der Waals surface area contributed by atoms with Crippen LogP contribution in [0.5, 0.6) is 0 Å². The van der Waals surface area contributed by atoms with Gasteiger partial charge in [0.2, 0.25) is 0 Å². The first-order valence-electron chi connectivity index (χ1n) is 15.9. The normalized spacial score (nSPS) is 11.8. The monoisotopic (exact) mass is 601 g/mol. The van der Waals surface area contributed by atoms with Gasteiger partial charge in [0.15, 0.2) is 5.58 Å². The number of nitrogens with zero attached hydrogens (tertiary/aromatic N) is 1. The van der Waals surface area contributed by atoms with Crippen LogP contribution in [0, 0.1) is 0 Å². The van der Waals surface area contributed by atoms with Gasteiger partial charge < -0.3 is 13.7 Å². The molecular weight excluding hydrogens is 574 g/mol. The second-order valence-electron chi connectivity index (χ2n) is 12.1. The van der Waals surface area contributed by atoms with Crippen LogP contribution in [0.4, 0.5) is 17.1 Å². The van der Waals surface area contributed by atoms with Gasteiger partial charge in [-0.25, -0.2) is 0 Å². The van der Waals surface area contributed by atoms with E-state index in [1.165, 1.54) is 16.2 Å². The summed E-state index contributed by atoms with van der Waals surface area (Å²) < 4.78 is 13.0. The topological polar surface area (TPSA) is 29.5 Å². The van der Waals surface area contributed by atoms with Gasteiger partial charge in [-0.2, -0.15) is 0 Å². The Hall–Kier alpha value is -6.32. The number of para-hydroxylation sites is 2. The smallest absolute Gasteiger partial charge is 0.159 e. The van der Waals surface area contributed by atoms with Gasteiger partial charge in [-0.1, -0.05) is 115 Å². The summed E-state index contributed by atoms with van der Waals surface area (Å²) in [4.78, 5) is 2.33. The van der Waals surface area contributed by atoms with Gasteiger partial charge in [-0.05, 0) is 70.4 Å². The first kappa shape index (κ1) is 26.0. The largest absolute Gasteiger partial charge is 0.456 e. The van der Waals surface area contributed by atoms with E-state index >= 15 is 0 Å². The van der Waals surface area contributed by atoms with Crippen LogP contribution in [-0.2, 0) is 0 Å². The number of benzene rings is 8. The second-order valence-corrected chi connectivity index (χ2v) is 12.1. The van der Waals surface area contributed by atoms with Gasteiger partial charge in [0.1, 0.15) is 16.7 Å². The molecule has 0 amide bonds. The van der Waals surface area contributed by atoms with E-state index in [2.05, 4.69) is 157 Å². The molecule has 0 spiro atoms. The number of fused-ring (bicyclic) bond motifs is 9. The lowest BCUT2D eigenvalue weighted by molar-refractivity contribution is 0.669. The van der Waals surface area contributed by atoms with Gasteiger partial charge in [0.25, 0.3) is 0 Å². The summed E-state index contributed by atoms with van der Waals surface area (Å²) >= 11 is 0. The van der Waals surface area contributed by atoms with Crippen molar-refractivity contribution in [2.45, 2.75) is 0 Å². The van der Waals surface area contributed by atoms with Gasteiger partial charge in [0.05, 0.1) is 11.4 Å². The molecular formula is C44H27NO2. The fourth-order valence-electron chi connectivity index (χ4n) is 7.21. The Labute approximate surface area is 270 Å². The standard InChI is InChI=1S/C44H27NO2/c1-3-12-33-29(9-1)11-7-16-39(33)45(40-17-8-15-37-38-26-21-30-10-2-4-13-34(30)43(38)47-44(37)40)32-23-19-28(20-24-32)31-22-25-36-35-14-5-6-18-41(35)46-42(36)27-31/h1-27H. The average molecular weight is 602 g/mol. The van der Waals surface area contributed by atoms with Crippen LogP contribution >= 0.6 is 0 Å². The van der Waals surface area contributed by atoms with Crippen LogP contribution in [0.2, 0.25) is 0 Å². The lowest BCUT2D eigenvalue weighted by atomic mass is 10.0. The van der Waals surface area contributed by atoms with Gasteiger partial charge >= 0.3 is 0 Å². The minimum absolute atomic E-state index is 0.867. The molecule has 0 aliphatic rings. The van der Waals surface area contributed by atoms with Crippen molar-refractivity contribution in [2.75, 3.05) is 4.90 Å². The van der Waals surface area contributed by atoms with E-state index in [0.717, 1.165) is 77.5 Å². The van der Waals surface area contributed by atoms with Crippen LogP contribution in [0.1, 0.15) is 0 Å². The summed E-state index contributed by atoms with van der Waals surface area (Å²) in [7, 11) is 0. The molecule has 47 heavy (non-hydrogen) atoms. The predicted octanol–water partition coefficient (Wildman–Crippen LogP) is 12.9. The SMILES string of the molecule is c1ccc2c(N(c3ccc(-c4ccc5c(c4)oc4ccccc45)cc3)c3cccc4c3oc3c5ccccc5ccc43)cccc2c1. The maximum absolute atomic E-state index is 6.84. The third kappa shape index (κ3) is 4.00. The van der Waals surface area contributed by atoms with E-state index in [-0.39, 0.29) is 0 Å². The Morgan fingerprint density at radius 2 is 0.936 bits per heavy atom. The quantitative estimate of drug-likeness (QED) is 0.201. The molecule has 2 heterocycles. The molecule has 10 rings (SSSR count). The zero-order valence-electron chi connectivity index (χ0n) is 25.4. The van der Waals surface area contributed by atoms with Crippen molar-refractivity contribution in [3.8, 4) is 11.1 Å². The molecule has 0 fully saturated rings. The number of rotatable bonds is 4. The number of hydrogen-bond acceptors (Lipinski definition) is 3. The lowest BCUT2D eigenvalue weighted by Gasteiger charge is -2.27. The van der Waals surface area contributed by atoms with E-state index in [1.807, 2.05) is 12.1 Å². The molecule has 0 atom stereocenters. The summed E-state index contributed by atoms with van der Waals surface area (Å²) in [6.07, 6.45) is 0. The Bertz CT molecular complexity index is 2800. The third-order valence-electron chi connectivity index (χ3n) is 9.45. The Morgan fingerprint density at radius 3 is 1.81 bits per heavy atom. The molecule has 220 valence electrons. The van der Waals surface area contributed by atoms with Crippen LogP contribution in [0.3, 0.4) is 0 Å². The van der Waals surface area contributed by atoms with Crippen molar-refractivity contribution in [1.82, 2.24) is 0 Å². The molecule has 3 nitrogen and oxygen atoms in total. The van der Waals surface area contributed by atoms with E-state index in [1.54, 1.807) is 0 Å². The molecule has 0 N–H and O–H groups in total. The molecule has 0 aliphatic carbocycles. The highest BCUT2D eigenvalue weighted by atomic mass is 16.3. The predicted molar refractivity (Wildman–Crippen MR) is 196 cm³/mol. The van der Waals surface area contributed by atoms with Gasteiger partial charge in [-0.15, -0.1) is 0 Å². The first-order valence-corrected chi connectivity index (χ1v) is 15.9. The van der Waals surface area contributed by atoms with Crippen LogP contribution in [-0.4, -0.2) is 0 Å². The van der Waals surface area contributed by atoms with Crippen LogP contribution < -0.4 is 4.90 Å². The highest BCUT2D eigenvalue weighted by Gasteiger charge is 2.21. The fraction of sp³-hybridized carbons (Fsp3) is 0. The zero-order chi connectivity index (χ0) is 30.9. The van der Waals surface area contributed by atoms with Crippen molar-refractivity contribution in [1.29, 1.82) is 0 Å². The molecule has 2 aromatic heterocycles. The highest BCUT2D eigenvalue weighted by molar-refractivity contribution is 6.18. The highest BCUT2D eigenvalue weighted by Crippen LogP contribution is 2.45. The van der Waals surface area contributed by atoms with E-state index in [4.69, 9.17) is 8.83 Å². The van der Waals surface area contributed by atoms with Crippen molar-refractivity contribution >= 4 is 82.5 Å². The molecule has 0 bridgehead atoms. The number of hydrogen-bond donors (Lipinski definition) is 0. The second kappa shape index (κ2) is 10.1. The summed E-state index contributed by atoms with van der Waals surface area (Å²) in [5.41, 5.74) is 8.97. The summed E-state index contributed by atoms with van der Waals surface area (Å²) in [5, 5.41) is 9.15. The number of anilines is 3. The minimum Gasteiger partial charge on any atom is -0.456 e. The fourth-order valence-corrected chi connectivity index (χ4v) is 7.21. The van der Waals surface area contributed by atoms with Crippen LogP contribution in [0.15, 0.2) is 173 Å². The molecule has 0 unspecified atom stereocenters. The minimum atomic E-state index is 0.867. The van der Waals surface area contributed by atoms with E-state index < -0.39 is 0 Å². The zero-order valence-corrected chi connectivity index (χ0v) is 25.4. The Morgan fingerprint density at radius 1 is 0.340 bits per heavy atom. The third-order valence-corrected chi connectivity index (χ3v) is 9.45. The molecule has 0 radical (unpaired) electrons. The van der Waals surface area contributed by atoms with E-state index in [9.17, 15) is 0 Å². The maximum atomic E-state index is 6.84. The van der Waals surface area contributed by atoms with Crippen molar-refractivity contribution in [3.63, 3.8) is 0 Å². The first-order chi connectivity index (χ1) is 23.3. The van der Waals surface area contributed by atoms with Crippen molar-refractivity contribution < 1.29 is 8.83 Å².